The van der Waals surface area contributed by atoms with E-state index in [-0.39, 0.29) is 5.69 Å². The van der Waals surface area contributed by atoms with Gasteiger partial charge in [0.25, 0.3) is 0 Å². The van der Waals surface area contributed by atoms with Gasteiger partial charge in [0, 0.05) is 5.02 Å². The molecular weight excluding hydrogens is 254 g/mol. The molecule has 1 aromatic heterocycles. The molecule has 0 saturated carbocycles. The van der Waals surface area contributed by atoms with Crippen molar-refractivity contribution in [1.82, 2.24) is 15.0 Å². The van der Waals surface area contributed by atoms with E-state index in [0.717, 1.165) is 11.1 Å². The summed E-state index contributed by atoms with van der Waals surface area (Å²) in [7, 11) is 1.30. The maximum absolute atomic E-state index is 11.2. The number of rotatable bonds is 3. The first-order chi connectivity index (χ1) is 8.60. The maximum atomic E-state index is 11.2. The number of hydrogen-bond donors (Lipinski definition) is 0. The van der Waals surface area contributed by atoms with Crippen LogP contribution in [0.1, 0.15) is 21.6 Å². The van der Waals surface area contributed by atoms with Crippen LogP contribution in [0.2, 0.25) is 5.02 Å². The van der Waals surface area contributed by atoms with Gasteiger partial charge in [-0.25, -0.2) is 9.48 Å². The zero-order valence-electron chi connectivity index (χ0n) is 10.1. The molecule has 5 nitrogen and oxygen atoms in total. The van der Waals surface area contributed by atoms with Crippen LogP contribution < -0.4 is 0 Å². The second-order valence-electron chi connectivity index (χ2n) is 3.89. The van der Waals surface area contributed by atoms with Crippen LogP contribution in [0.25, 0.3) is 0 Å². The molecule has 0 aliphatic heterocycles. The smallest absolute Gasteiger partial charge is 0.360 e. The highest BCUT2D eigenvalue weighted by Gasteiger charge is 2.11. The van der Waals surface area contributed by atoms with Gasteiger partial charge in [0.15, 0.2) is 5.69 Å². The van der Waals surface area contributed by atoms with Gasteiger partial charge in [-0.2, -0.15) is 0 Å². The standard InChI is InChI=1S/C12H12ClN3O2/c1-8-3-4-9(10(13)5-8)6-16-7-11(14-15-16)12(17)18-2/h3-5,7H,6H2,1-2H3. The first-order valence-electron chi connectivity index (χ1n) is 5.33. The highest BCUT2D eigenvalue weighted by Crippen LogP contribution is 2.18. The average Bonchev–Trinajstić information content (AvgIpc) is 2.80. The summed E-state index contributed by atoms with van der Waals surface area (Å²) in [4.78, 5) is 11.2. The largest absolute Gasteiger partial charge is 0.464 e. The summed E-state index contributed by atoms with van der Waals surface area (Å²) < 4.78 is 6.10. The Morgan fingerprint density at radius 2 is 2.28 bits per heavy atom. The van der Waals surface area contributed by atoms with E-state index in [0.29, 0.717) is 11.6 Å². The molecule has 0 aliphatic carbocycles. The quantitative estimate of drug-likeness (QED) is 0.798. The molecule has 0 saturated heterocycles. The molecule has 18 heavy (non-hydrogen) atoms. The number of hydrogen-bond acceptors (Lipinski definition) is 4. The Morgan fingerprint density at radius 3 is 2.94 bits per heavy atom. The van der Waals surface area contributed by atoms with Crippen molar-refractivity contribution in [1.29, 1.82) is 0 Å². The zero-order chi connectivity index (χ0) is 13.1. The summed E-state index contributed by atoms with van der Waals surface area (Å²) in [5.74, 6) is -0.503. The van der Waals surface area contributed by atoms with Gasteiger partial charge in [-0.1, -0.05) is 28.9 Å². The van der Waals surface area contributed by atoms with E-state index in [9.17, 15) is 4.79 Å². The Hall–Kier alpha value is -1.88. The molecule has 2 rings (SSSR count). The molecule has 1 aromatic carbocycles. The molecule has 0 radical (unpaired) electrons. The van der Waals surface area contributed by atoms with Crippen LogP contribution in [0.15, 0.2) is 24.4 Å². The molecule has 0 unspecified atom stereocenters. The van der Waals surface area contributed by atoms with Crippen molar-refractivity contribution in [2.75, 3.05) is 7.11 Å². The second-order valence-corrected chi connectivity index (χ2v) is 4.30. The minimum atomic E-state index is -0.503. The Bertz CT molecular complexity index is 580. The minimum absolute atomic E-state index is 0.181. The molecule has 6 heteroatoms. The molecule has 0 bridgehead atoms. The Morgan fingerprint density at radius 1 is 1.50 bits per heavy atom. The number of benzene rings is 1. The lowest BCUT2D eigenvalue weighted by Gasteiger charge is -2.04. The number of halogens is 1. The van der Waals surface area contributed by atoms with E-state index in [2.05, 4.69) is 15.0 Å². The van der Waals surface area contributed by atoms with E-state index < -0.39 is 5.97 Å². The van der Waals surface area contributed by atoms with Gasteiger partial charge in [0.05, 0.1) is 19.9 Å². The van der Waals surface area contributed by atoms with Crippen LogP contribution in [0.3, 0.4) is 0 Å². The average molecular weight is 266 g/mol. The number of aromatic nitrogens is 3. The second kappa shape index (κ2) is 5.18. The molecule has 1 heterocycles. The monoisotopic (exact) mass is 265 g/mol. The predicted molar refractivity (Wildman–Crippen MR) is 66.7 cm³/mol. The first kappa shape index (κ1) is 12.6. The van der Waals surface area contributed by atoms with E-state index in [4.69, 9.17) is 11.6 Å². The summed E-state index contributed by atoms with van der Waals surface area (Å²) in [5.41, 5.74) is 2.20. The van der Waals surface area contributed by atoms with Crippen LogP contribution in [-0.4, -0.2) is 28.1 Å². The molecular formula is C12H12ClN3O2. The van der Waals surface area contributed by atoms with Crippen molar-refractivity contribution in [3.8, 4) is 0 Å². The van der Waals surface area contributed by atoms with Gasteiger partial charge in [0.2, 0.25) is 0 Å². The normalized spacial score (nSPS) is 10.4. The van der Waals surface area contributed by atoms with Crippen LogP contribution in [0.4, 0.5) is 0 Å². The summed E-state index contributed by atoms with van der Waals surface area (Å²) in [6.45, 7) is 2.43. The minimum Gasteiger partial charge on any atom is -0.464 e. The van der Waals surface area contributed by atoms with E-state index in [1.807, 2.05) is 25.1 Å². The number of methoxy groups -OCH3 is 1. The van der Waals surface area contributed by atoms with Gasteiger partial charge >= 0.3 is 5.97 Å². The van der Waals surface area contributed by atoms with Gasteiger partial charge in [-0.3, -0.25) is 0 Å². The maximum Gasteiger partial charge on any atom is 0.360 e. The van der Waals surface area contributed by atoms with Gasteiger partial charge in [0.1, 0.15) is 0 Å². The number of nitrogens with zero attached hydrogens (tertiary/aromatic N) is 3. The van der Waals surface area contributed by atoms with Crippen molar-refractivity contribution >= 4 is 17.6 Å². The van der Waals surface area contributed by atoms with Crippen molar-refractivity contribution in [3.63, 3.8) is 0 Å². The molecule has 0 atom stereocenters. The molecule has 0 N–H and O–H groups in total. The topological polar surface area (TPSA) is 57.0 Å². The molecule has 0 fully saturated rings. The van der Waals surface area contributed by atoms with Crippen LogP contribution in [-0.2, 0) is 11.3 Å². The molecule has 0 spiro atoms. The van der Waals surface area contributed by atoms with Gasteiger partial charge in [-0.15, -0.1) is 5.10 Å². The number of carbonyl (C=O) groups is 1. The number of aryl methyl sites for hydroxylation is 1. The summed E-state index contributed by atoms with van der Waals surface area (Å²) in [6, 6.07) is 5.78. The highest BCUT2D eigenvalue weighted by atomic mass is 35.5. The van der Waals surface area contributed by atoms with Crippen molar-refractivity contribution in [2.45, 2.75) is 13.5 Å². The Kier molecular flexibility index (Phi) is 3.62. The van der Waals surface area contributed by atoms with E-state index in [1.165, 1.54) is 13.3 Å². The number of carbonyl (C=O) groups excluding carboxylic acids is 1. The molecule has 0 amide bonds. The SMILES string of the molecule is COC(=O)c1cn(Cc2ccc(C)cc2Cl)nn1. The summed E-state index contributed by atoms with van der Waals surface area (Å²) in [6.07, 6.45) is 1.53. The number of ether oxygens (including phenoxy) is 1. The van der Waals surface area contributed by atoms with Crippen LogP contribution in [0, 0.1) is 6.92 Å². The van der Waals surface area contributed by atoms with E-state index >= 15 is 0 Å². The van der Waals surface area contributed by atoms with Crippen molar-refractivity contribution in [2.24, 2.45) is 0 Å². The fraction of sp³-hybridized carbons (Fsp3) is 0.250. The summed E-state index contributed by atoms with van der Waals surface area (Å²) in [5, 5.41) is 8.25. The lowest BCUT2D eigenvalue weighted by molar-refractivity contribution is 0.0594. The van der Waals surface area contributed by atoms with Crippen LogP contribution in [0.5, 0.6) is 0 Å². The third-order valence-electron chi connectivity index (χ3n) is 2.47. The molecule has 2 aromatic rings. The fourth-order valence-corrected chi connectivity index (χ4v) is 1.82. The van der Waals surface area contributed by atoms with Crippen molar-refractivity contribution in [3.05, 3.63) is 46.2 Å². The van der Waals surface area contributed by atoms with Gasteiger partial charge < -0.3 is 4.74 Å². The Labute approximate surface area is 109 Å². The molecule has 94 valence electrons. The first-order valence-corrected chi connectivity index (χ1v) is 5.71. The van der Waals surface area contributed by atoms with Crippen molar-refractivity contribution < 1.29 is 9.53 Å². The fourth-order valence-electron chi connectivity index (χ4n) is 1.53. The number of esters is 1. The third-order valence-corrected chi connectivity index (χ3v) is 2.83. The predicted octanol–water partition coefficient (Wildman–Crippen LogP) is 2.07. The van der Waals surface area contributed by atoms with Crippen LogP contribution >= 0.6 is 11.6 Å². The third kappa shape index (κ3) is 2.68. The van der Waals surface area contributed by atoms with E-state index in [1.54, 1.807) is 4.68 Å². The Balaban J connectivity index is 2.18. The lowest BCUT2D eigenvalue weighted by Crippen LogP contribution is -2.02. The molecule has 0 aliphatic rings. The van der Waals surface area contributed by atoms with Gasteiger partial charge in [-0.05, 0) is 24.1 Å². The summed E-state index contributed by atoms with van der Waals surface area (Å²) >= 11 is 6.12. The highest BCUT2D eigenvalue weighted by molar-refractivity contribution is 6.31. The zero-order valence-corrected chi connectivity index (χ0v) is 10.8. The lowest BCUT2D eigenvalue weighted by atomic mass is 10.1.